The van der Waals surface area contributed by atoms with Crippen LogP contribution in [0.5, 0.6) is 0 Å². The molecular weight excluding hydrogens is 184 g/mol. The summed E-state index contributed by atoms with van der Waals surface area (Å²) in [4.78, 5) is 4.51. The highest BCUT2D eigenvalue weighted by molar-refractivity contribution is 6.03. The lowest BCUT2D eigenvalue weighted by Gasteiger charge is -2.15. The van der Waals surface area contributed by atoms with Crippen molar-refractivity contribution in [2.75, 3.05) is 5.32 Å². The summed E-state index contributed by atoms with van der Waals surface area (Å²) in [6, 6.07) is 9.96. The molecule has 0 heterocycles. The van der Waals surface area contributed by atoms with Crippen molar-refractivity contribution in [1.29, 1.82) is 0 Å². The molecule has 2 heteroatoms. The molecule has 1 aromatic carbocycles. The van der Waals surface area contributed by atoms with Crippen molar-refractivity contribution < 1.29 is 0 Å². The first-order valence-corrected chi connectivity index (χ1v) is 5.05. The topological polar surface area (TPSA) is 24.4 Å². The fourth-order valence-electron chi connectivity index (χ4n) is 1.16. The molecule has 0 fully saturated rings. The molecule has 0 saturated heterocycles. The summed E-state index contributed by atoms with van der Waals surface area (Å²) in [7, 11) is 0. The molecule has 80 valence electrons. The van der Waals surface area contributed by atoms with Crippen LogP contribution in [-0.4, -0.2) is 11.4 Å². The minimum absolute atomic E-state index is 0.0920. The largest absolute Gasteiger partial charge is 0.341 e. The molecule has 0 aliphatic carbocycles. The van der Waals surface area contributed by atoms with Crippen LogP contribution in [0, 0.1) is 0 Å². The number of nitrogens with one attached hydrogen (secondary N) is 1. The van der Waals surface area contributed by atoms with Gasteiger partial charge in [-0.25, -0.2) is 0 Å². The lowest BCUT2D eigenvalue weighted by atomic mass is 10.1. The Balaban J connectivity index is 2.79. The van der Waals surface area contributed by atoms with Crippen LogP contribution < -0.4 is 5.32 Å². The number of benzene rings is 1. The summed E-state index contributed by atoms with van der Waals surface area (Å²) in [5.74, 6) is 0.800. The highest BCUT2D eigenvalue weighted by Crippen LogP contribution is 2.10. The van der Waals surface area contributed by atoms with Crippen molar-refractivity contribution in [3.63, 3.8) is 0 Å². The van der Waals surface area contributed by atoms with E-state index in [9.17, 15) is 0 Å². The molecule has 1 aromatic rings. The summed E-state index contributed by atoms with van der Waals surface area (Å²) in [6.07, 6.45) is 1.73. The van der Waals surface area contributed by atoms with E-state index >= 15 is 0 Å². The van der Waals surface area contributed by atoms with Crippen LogP contribution in [0.1, 0.15) is 20.8 Å². The minimum Gasteiger partial charge on any atom is -0.341 e. The van der Waals surface area contributed by atoms with Crippen molar-refractivity contribution in [2.45, 2.75) is 26.3 Å². The maximum Gasteiger partial charge on any atom is 0.125 e. The van der Waals surface area contributed by atoms with Crippen LogP contribution in [0.15, 0.2) is 48.0 Å². The Hall–Kier alpha value is -1.57. The van der Waals surface area contributed by atoms with Gasteiger partial charge in [0.2, 0.25) is 0 Å². The number of aliphatic imine (C=N–C) groups is 1. The molecule has 1 rings (SSSR count). The highest BCUT2D eigenvalue weighted by Gasteiger charge is 2.08. The van der Waals surface area contributed by atoms with E-state index in [1.54, 1.807) is 6.08 Å². The quantitative estimate of drug-likeness (QED) is 0.576. The maximum atomic E-state index is 4.51. The second-order valence-electron chi connectivity index (χ2n) is 4.36. The monoisotopic (exact) mass is 202 g/mol. The van der Waals surface area contributed by atoms with Gasteiger partial charge in [-0.3, -0.25) is 4.99 Å². The zero-order valence-electron chi connectivity index (χ0n) is 9.62. The molecule has 0 spiro atoms. The smallest absolute Gasteiger partial charge is 0.125 e. The Bertz CT molecular complexity index is 345. The molecule has 1 N–H and O–H groups in total. The summed E-state index contributed by atoms with van der Waals surface area (Å²) < 4.78 is 0. The van der Waals surface area contributed by atoms with Gasteiger partial charge in [-0.1, -0.05) is 24.8 Å². The Morgan fingerprint density at radius 2 is 1.87 bits per heavy atom. The summed E-state index contributed by atoms with van der Waals surface area (Å²) in [6.45, 7) is 9.92. The van der Waals surface area contributed by atoms with Crippen LogP contribution in [0.25, 0.3) is 0 Å². The van der Waals surface area contributed by atoms with E-state index in [2.05, 4.69) is 37.7 Å². The van der Waals surface area contributed by atoms with Gasteiger partial charge in [0.15, 0.2) is 0 Å². The van der Waals surface area contributed by atoms with E-state index in [-0.39, 0.29) is 5.54 Å². The van der Waals surface area contributed by atoms with Gasteiger partial charge in [0.05, 0.1) is 5.54 Å². The van der Waals surface area contributed by atoms with Gasteiger partial charge >= 0.3 is 0 Å². The van der Waals surface area contributed by atoms with Gasteiger partial charge in [-0.05, 0) is 39.0 Å². The number of anilines is 1. The maximum absolute atomic E-state index is 4.51. The normalized spacial score (nSPS) is 12.3. The number of hydrogen-bond acceptors (Lipinski definition) is 1. The highest BCUT2D eigenvalue weighted by atomic mass is 15.0. The third-order valence-corrected chi connectivity index (χ3v) is 1.70. The standard InChI is InChI=1S/C13H18N2/c1-5-12(15-13(2,3)4)14-11-9-7-6-8-10-11/h5-10H,1H2,2-4H3,(H,14,15). The first kappa shape index (κ1) is 11.5. The Morgan fingerprint density at radius 1 is 1.27 bits per heavy atom. The molecule has 2 nitrogen and oxygen atoms in total. The third kappa shape index (κ3) is 4.45. The molecule has 0 aliphatic rings. The van der Waals surface area contributed by atoms with Crippen LogP contribution in [0.3, 0.4) is 0 Å². The number of rotatable bonds is 2. The first-order valence-electron chi connectivity index (χ1n) is 5.05. The summed E-state index contributed by atoms with van der Waals surface area (Å²) in [5, 5.41) is 3.22. The lowest BCUT2D eigenvalue weighted by Crippen LogP contribution is -2.18. The van der Waals surface area contributed by atoms with Gasteiger partial charge in [-0.15, -0.1) is 0 Å². The summed E-state index contributed by atoms with van der Waals surface area (Å²) in [5.41, 5.74) is 0.936. The second-order valence-corrected chi connectivity index (χ2v) is 4.36. The minimum atomic E-state index is -0.0920. The van der Waals surface area contributed by atoms with E-state index in [1.807, 2.05) is 30.3 Å². The summed E-state index contributed by atoms with van der Waals surface area (Å²) >= 11 is 0. The predicted octanol–water partition coefficient (Wildman–Crippen LogP) is 3.48. The van der Waals surface area contributed by atoms with E-state index in [1.165, 1.54) is 0 Å². The average Bonchev–Trinajstić information content (AvgIpc) is 2.16. The van der Waals surface area contributed by atoms with Gasteiger partial charge in [-0.2, -0.15) is 0 Å². The fraction of sp³-hybridized carbons (Fsp3) is 0.308. The molecule has 0 bridgehead atoms. The lowest BCUT2D eigenvalue weighted by molar-refractivity contribution is 0.584. The fourth-order valence-corrected chi connectivity index (χ4v) is 1.16. The van der Waals surface area contributed by atoms with Gasteiger partial charge in [0.1, 0.15) is 5.84 Å². The van der Waals surface area contributed by atoms with E-state index < -0.39 is 0 Å². The van der Waals surface area contributed by atoms with E-state index in [0.717, 1.165) is 11.5 Å². The number of hydrogen-bond donors (Lipinski definition) is 1. The third-order valence-electron chi connectivity index (χ3n) is 1.70. The van der Waals surface area contributed by atoms with Gasteiger partial charge in [0.25, 0.3) is 0 Å². The van der Waals surface area contributed by atoms with Gasteiger partial charge < -0.3 is 5.32 Å². The average molecular weight is 202 g/mol. The van der Waals surface area contributed by atoms with Crippen molar-refractivity contribution >= 4 is 11.5 Å². The van der Waals surface area contributed by atoms with Crippen LogP contribution in [0.2, 0.25) is 0 Å². The number of amidine groups is 1. The molecule has 0 amide bonds. The van der Waals surface area contributed by atoms with Gasteiger partial charge in [0, 0.05) is 5.69 Å². The number of nitrogens with zero attached hydrogens (tertiary/aromatic N) is 1. The Kier molecular flexibility index (Phi) is 3.67. The molecule has 0 aliphatic heterocycles. The van der Waals surface area contributed by atoms with Crippen LogP contribution >= 0.6 is 0 Å². The molecule has 0 radical (unpaired) electrons. The Morgan fingerprint density at radius 3 is 2.33 bits per heavy atom. The van der Waals surface area contributed by atoms with E-state index in [4.69, 9.17) is 0 Å². The van der Waals surface area contributed by atoms with E-state index in [0.29, 0.717) is 0 Å². The molecule has 0 atom stereocenters. The van der Waals surface area contributed by atoms with Crippen molar-refractivity contribution in [2.24, 2.45) is 4.99 Å². The molecule has 0 aromatic heterocycles. The Labute approximate surface area is 91.7 Å². The van der Waals surface area contributed by atoms with Crippen LogP contribution in [0.4, 0.5) is 5.69 Å². The molecule has 0 unspecified atom stereocenters. The zero-order chi connectivity index (χ0) is 11.3. The molecule has 15 heavy (non-hydrogen) atoms. The van der Waals surface area contributed by atoms with Crippen molar-refractivity contribution in [3.8, 4) is 0 Å². The molecular formula is C13H18N2. The van der Waals surface area contributed by atoms with Crippen LogP contribution in [-0.2, 0) is 0 Å². The predicted molar refractivity (Wildman–Crippen MR) is 67.4 cm³/mol. The second kappa shape index (κ2) is 4.78. The van der Waals surface area contributed by atoms with Crippen molar-refractivity contribution in [1.82, 2.24) is 0 Å². The molecule has 0 saturated carbocycles. The van der Waals surface area contributed by atoms with Crippen molar-refractivity contribution in [3.05, 3.63) is 43.0 Å². The zero-order valence-corrected chi connectivity index (χ0v) is 9.62. The first-order chi connectivity index (χ1) is 7.01. The number of para-hydroxylation sites is 1. The SMILES string of the molecule is C=CC(=NC(C)(C)C)Nc1ccccc1.